The second-order valence-corrected chi connectivity index (χ2v) is 5.15. The van der Waals surface area contributed by atoms with Crippen molar-refractivity contribution in [3.05, 3.63) is 54.5 Å². The third-order valence-electron chi connectivity index (χ3n) is 3.53. The van der Waals surface area contributed by atoms with Gasteiger partial charge < -0.3 is 9.88 Å². The van der Waals surface area contributed by atoms with Gasteiger partial charge in [0, 0.05) is 54.2 Å². The molecule has 0 bridgehead atoms. The highest BCUT2D eigenvalue weighted by atomic mass is 16.1. The maximum Gasteiger partial charge on any atom is 0.248 e. The molecule has 2 heterocycles. The van der Waals surface area contributed by atoms with E-state index < -0.39 is 0 Å². The monoisotopic (exact) mass is 294 g/mol. The first-order chi connectivity index (χ1) is 10.7. The van der Waals surface area contributed by atoms with Crippen molar-refractivity contribution in [3.8, 4) is 0 Å². The van der Waals surface area contributed by atoms with Crippen LogP contribution in [-0.2, 0) is 18.4 Å². The number of nitrogens with one attached hydrogen (secondary N) is 1. The predicted octanol–water partition coefficient (Wildman–Crippen LogP) is 3.05. The second-order valence-electron chi connectivity index (χ2n) is 5.15. The highest BCUT2D eigenvalue weighted by Gasteiger charge is 2.03. The molecule has 0 aliphatic rings. The van der Waals surface area contributed by atoms with Crippen molar-refractivity contribution in [1.29, 1.82) is 0 Å². The van der Waals surface area contributed by atoms with Crippen molar-refractivity contribution >= 4 is 28.6 Å². The van der Waals surface area contributed by atoms with Crippen LogP contribution in [0.1, 0.15) is 12.5 Å². The lowest BCUT2D eigenvalue weighted by Gasteiger charge is -2.04. The summed E-state index contributed by atoms with van der Waals surface area (Å²) in [6.07, 6.45) is 8.87. The van der Waals surface area contributed by atoms with Gasteiger partial charge in [0.15, 0.2) is 0 Å². The number of aryl methyl sites for hydroxylation is 2. The Bertz CT molecular complexity index is 841. The van der Waals surface area contributed by atoms with Gasteiger partial charge in [0.25, 0.3) is 0 Å². The van der Waals surface area contributed by atoms with Gasteiger partial charge in [-0.1, -0.05) is 0 Å². The van der Waals surface area contributed by atoms with Gasteiger partial charge in [0.1, 0.15) is 0 Å². The first-order valence-corrected chi connectivity index (χ1v) is 7.22. The minimum Gasteiger partial charge on any atom is -0.348 e. The standard InChI is InChI=1S/C17H18N4O/c1-3-21-9-8-14-10-15(5-6-16(14)21)19-17(22)7-4-13-11-18-20(2)12-13/h4-12H,3H2,1-2H3,(H,19,22)/b7-4+. The molecule has 22 heavy (non-hydrogen) atoms. The predicted molar refractivity (Wildman–Crippen MR) is 88.5 cm³/mol. The van der Waals surface area contributed by atoms with Gasteiger partial charge in [0.2, 0.25) is 5.91 Å². The molecule has 1 amide bonds. The number of hydrogen-bond donors (Lipinski definition) is 1. The van der Waals surface area contributed by atoms with Crippen LogP contribution < -0.4 is 5.32 Å². The third-order valence-corrected chi connectivity index (χ3v) is 3.53. The molecule has 5 heteroatoms. The lowest BCUT2D eigenvalue weighted by atomic mass is 10.2. The van der Waals surface area contributed by atoms with E-state index in [4.69, 9.17) is 0 Å². The molecule has 112 valence electrons. The van der Waals surface area contributed by atoms with Crippen LogP contribution in [0.3, 0.4) is 0 Å². The number of amides is 1. The van der Waals surface area contributed by atoms with Gasteiger partial charge in [-0.3, -0.25) is 9.48 Å². The van der Waals surface area contributed by atoms with Crippen LogP contribution in [0.5, 0.6) is 0 Å². The number of benzene rings is 1. The summed E-state index contributed by atoms with van der Waals surface area (Å²) in [5.41, 5.74) is 2.86. The summed E-state index contributed by atoms with van der Waals surface area (Å²) < 4.78 is 3.87. The molecule has 0 fully saturated rings. The Morgan fingerprint density at radius 3 is 2.95 bits per heavy atom. The Morgan fingerprint density at radius 2 is 2.23 bits per heavy atom. The SMILES string of the molecule is CCn1ccc2cc(NC(=O)/C=C/c3cnn(C)c3)ccc21. The van der Waals surface area contributed by atoms with Gasteiger partial charge in [0.05, 0.1) is 6.20 Å². The Kier molecular flexibility index (Phi) is 3.78. The van der Waals surface area contributed by atoms with E-state index in [1.807, 2.05) is 31.4 Å². The average molecular weight is 294 g/mol. The summed E-state index contributed by atoms with van der Waals surface area (Å²) in [5, 5.41) is 8.05. The minimum absolute atomic E-state index is 0.155. The van der Waals surface area contributed by atoms with Crippen molar-refractivity contribution in [3.63, 3.8) is 0 Å². The van der Waals surface area contributed by atoms with Crippen molar-refractivity contribution in [2.45, 2.75) is 13.5 Å². The fourth-order valence-corrected chi connectivity index (χ4v) is 2.44. The van der Waals surface area contributed by atoms with Crippen molar-refractivity contribution in [2.24, 2.45) is 7.05 Å². The lowest BCUT2D eigenvalue weighted by Crippen LogP contribution is -2.07. The molecular weight excluding hydrogens is 276 g/mol. The molecular formula is C17H18N4O. The van der Waals surface area contributed by atoms with E-state index in [-0.39, 0.29) is 5.91 Å². The number of nitrogens with zero attached hydrogens (tertiary/aromatic N) is 3. The number of fused-ring (bicyclic) bond motifs is 1. The van der Waals surface area contributed by atoms with E-state index in [2.05, 4.69) is 34.2 Å². The second kappa shape index (κ2) is 5.89. The topological polar surface area (TPSA) is 51.9 Å². The zero-order chi connectivity index (χ0) is 15.5. The number of aromatic nitrogens is 3. The average Bonchev–Trinajstić information content (AvgIpc) is 3.10. The lowest BCUT2D eigenvalue weighted by molar-refractivity contribution is -0.111. The first-order valence-electron chi connectivity index (χ1n) is 7.22. The van der Waals surface area contributed by atoms with Crippen LogP contribution >= 0.6 is 0 Å². The molecule has 0 saturated carbocycles. The fourth-order valence-electron chi connectivity index (χ4n) is 2.44. The number of rotatable bonds is 4. The van der Waals surface area contributed by atoms with Crippen molar-refractivity contribution < 1.29 is 4.79 Å². The van der Waals surface area contributed by atoms with E-state index in [9.17, 15) is 4.79 Å². The molecule has 0 atom stereocenters. The summed E-state index contributed by atoms with van der Waals surface area (Å²) in [7, 11) is 1.84. The Balaban J connectivity index is 1.72. The number of carbonyl (C=O) groups is 1. The van der Waals surface area contributed by atoms with Crippen LogP contribution in [0.2, 0.25) is 0 Å². The smallest absolute Gasteiger partial charge is 0.248 e. The molecule has 5 nitrogen and oxygen atoms in total. The summed E-state index contributed by atoms with van der Waals surface area (Å²) in [5.74, 6) is -0.155. The quantitative estimate of drug-likeness (QED) is 0.752. The van der Waals surface area contributed by atoms with E-state index >= 15 is 0 Å². The molecule has 1 aromatic carbocycles. The summed E-state index contributed by atoms with van der Waals surface area (Å²) >= 11 is 0. The zero-order valence-corrected chi connectivity index (χ0v) is 12.7. The fraction of sp³-hybridized carbons (Fsp3) is 0.176. The number of hydrogen-bond acceptors (Lipinski definition) is 2. The van der Waals surface area contributed by atoms with Gasteiger partial charge >= 0.3 is 0 Å². The molecule has 0 radical (unpaired) electrons. The van der Waals surface area contributed by atoms with E-state index in [1.54, 1.807) is 17.0 Å². The number of carbonyl (C=O) groups excluding carboxylic acids is 1. The molecule has 1 N–H and O–H groups in total. The third kappa shape index (κ3) is 2.93. The summed E-state index contributed by atoms with van der Waals surface area (Å²) in [4.78, 5) is 12.0. The molecule has 3 aromatic rings. The zero-order valence-electron chi connectivity index (χ0n) is 12.7. The Morgan fingerprint density at radius 1 is 1.36 bits per heavy atom. The molecule has 0 spiro atoms. The number of anilines is 1. The normalized spacial score (nSPS) is 11.4. The van der Waals surface area contributed by atoms with Crippen LogP contribution in [0.4, 0.5) is 5.69 Å². The highest BCUT2D eigenvalue weighted by Crippen LogP contribution is 2.20. The van der Waals surface area contributed by atoms with E-state index in [0.717, 1.165) is 23.2 Å². The molecule has 2 aromatic heterocycles. The van der Waals surface area contributed by atoms with Crippen LogP contribution in [0.25, 0.3) is 17.0 Å². The molecule has 0 unspecified atom stereocenters. The van der Waals surface area contributed by atoms with Gasteiger partial charge in [-0.25, -0.2) is 0 Å². The highest BCUT2D eigenvalue weighted by molar-refractivity contribution is 6.02. The Labute approximate surface area is 128 Å². The van der Waals surface area contributed by atoms with Crippen LogP contribution in [-0.4, -0.2) is 20.3 Å². The van der Waals surface area contributed by atoms with Crippen molar-refractivity contribution in [1.82, 2.24) is 14.3 Å². The largest absolute Gasteiger partial charge is 0.348 e. The van der Waals surface area contributed by atoms with Gasteiger partial charge in [-0.15, -0.1) is 0 Å². The van der Waals surface area contributed by atoms with E-state index in [1.165, 1.54) is 11.6 Å². The maximum absolute atomic E-state index is 12.0. The summed E-state index contributed by atoms with van der Waals surface area (Å²) in [6, 6.07) is 7.99. The van der Waals surface area contributed by atoms with E-state index in [0.29, 0.717) is 0 Å². The molecule has 3 rings (SSSR count). The first kappa shape index (κ1) is 14.1. The molecule has 0 saturated heterocycles. The molecule has 0 aliphatic carbocycles. The molecule has 0 aliphatic heterocycles. The summed E-state index contributed by atoms with van der Waals surface area (Å²) in [6.45, 7) is 3.04. The maximum atomic E-state index is 12.0. The van der Waals surface area contributed by atoms with Gasteiger partial charge in [-0.2, -0.15) is 5.10 Å². The van der Waals surface area contributed by atoms with Crippen LogP contribution in [0, 0.1) is 0 Å². The van der Waals surface area contributed by atoms with Crippen LogP contribution in [0.15, 0.2) is 48.9 Å². The van der Waals surface area contributed by atoms with Crippen molar-refractivity contribution in [2.75, 3.05) is 5.32 Å². The Hall–Kier alpha value is -2.82. The minimum atomic E-state index is -0.155. The van der Waals surface area contributed by atoms with Gasteiger partial charge in [-0.05, 0) is 37.3 Å².